The number of nitrogens with two attached hydrogens (primary N) is 1. The molecule has 3 heteroatoms. The molecule has 1 aromatic heterocycles. The third-order valence-corrected chi connectivity index (χ3v) is 2.54. The van der Waals surface area contributed by atoms with Gasteiger partial charge in [0.1, 0.15) is 5.75 Å². The fourth-order valence-electron chi connectivity index (χ4n) is 1.81. The van der Waals surface area contributed by atoms with Crippen LogP contribution in [0.15, 0.2) is 36.7 Å². The summed E-state index contributed by atoms with van der Waals surface area (Å²) in [6, 6.07) is 7.83. The number of aromatic nitrogens is 1. The first kappa shape index (κ1) is 10.5. The third kappa shape index (κ3) is 1.72. The largest absolute Gasteiger partial charge is 0.496 e. The number of ether oxygens (including phenoxy) is 1. The SMILES string of the molecule is COc1ccccc1-c1c(C)cncc1N. The van der Waals surface area contributed by atoms with E-state index in [9.17, 15) is 0 Å². The molecule has 0 aliphatic carbocycles. The predicted octanol–water partition coefficient (Wildman–Crippen LogP) is 2.65. The van der Waals surface area contributed by atoms with Gasteiger partial charge in [-0.05, 0) is 18.6 Å². The molecule has 0 bridgehead atoms. The number of pyridine rings is 1. The van der Waals surface area contributed by atoms with Crippen LogP contribution in [0.4, 0.5) is 5.69 Å². The van der Waals surface area contributed by atoms with Crippen LogP contribution in [-0.2, 0) is 0 Å². The summed E-state index contributed by atoms with van der Waals surface area (Å²) in [7, 11) is 1.66. The molecule has 3 nitrogen and oxygen atoms in total. The molecule has 0 atom stereocenters. The van der Waals surface area contributed by atoms with E-state index in [1.54, 1.807) is 19.5 Å². The predicted molar refractivity (Wildman–Crippen MR) is 65.4 cm³/mol. The average molecular weight is 214 g/mol. The van der Waals surface area contributed by atoms with Gasteiger partial charge in [-0.2, -0.15) is 0 Å². The zero-order valence-corrected chi connectivity index (χ0v) is 9.40. The first-order valence-electron chi connectivity index (χ1n) is 5.07. The molecule has 2 N–H and O–H groups in total. The number of aryl methyl sites for hydroxylation is 1. The number of anilines is 1. The van der Waals surface area contributed by atoms with Crippen LogP contribution in [0.1, 0.15) is 5.56 Å². The highest BCUT2D eigenvalue weighted by molar-refractivity contribution is 5.82. The van der Waals surface area contributed by atoms with E-state index in [0.29, 0.717) is 5.69 Å². The number of para-hydroxylation sites is 1. The Hall–Kier alpha value is -2.03. The number of benzene rings is 1. The minimum Gasteiger partial charge on any atom is -0.496 e. The molecule has 0 fully saturated rings. The van der Waals surface area contributed by atoms with Crippen LogP contribution in [-0.4, -0.2) is 12.1 Å². The van der Waals surface area contributed by atoms with Gasteiger partial charge in [0.05, 0.1) is 19.0 Å². The second kappa shape index (κ2) is 4.23. The lowest BCUT2D eigenvalue weighted by Crippen LogP contribution is -1.96. The summed E-state index contributed by atoms with van der Waals surface area (Å²) in [5, 5.41) is 0. The third-order valence-electron chi connectivity index (χ3n) is 2.54. The van der Waals surface area contributed by atoms with E-state index in [1.165, 1.54) is 0 Å². The Labute approximate surface area is 94.9 Å². The maximum atomic E-state index is 5.96. The van der Waals surface area contributed by atoms with E-state index < -0.39 is 0 Å². The van der Waals surface area contributed by atoms with Crippen molar-refractivity contribution in [1.29, 1.82) is 0 Å². The van der Waals surface area contributed by atoms with Gasteiger partial charge in [0.25, 0.3) is 0 Å². The van der Waals surface area contributed by atoms with Gasteiger partial charge in [-0.1, -0.05) is 18.2 Å². The quantitative estimate of drug-likeness (QED) is 0.836. The van der Waals surface area contributed by atoms with Crippen LogP contribution in [0.3, 0.4) is 0 Å². The summed E-state index contributed by atoms with van der Waals surface area (Å²) >= 11 is 0. The molecule has 0 saturated heterocycles. The number of nitrogens with zero attached hydrogens (tertiary/aromatic N) is 1. The van der Waals surface area contributed by atoms with Crippen molar-refractivity contribution in [3.05, 3.63) is 42.2 Å². The van der Waals surface area contributed by atoms with Crippen molar-refractivity contribution in [1.82, 2.24) is 4.98 Å². The Morgan fingerprint density at radius 2 is 1.94 bits per heavy atom. The molecule has 0 aliphatic heterocycles. The number of methoxy groups -OCH3 is 1. The van der Waals surface area contributed by atoms with Crippen molar-refractivity contribution in [3.63, 3.8) is 0 Å². The van der Waals surface area contributed by atoms with Gasteiger partial charge in [0.15, 0.2) is 0 Å². The van der Waals surface area contributed by atoms with Gasteiger partial charge < -0.3 is 10.5 Å². The molecule has 0 unspecified atom stereocenters. The molecule has 0 amide bonds. The molecule has 1 aromatic carbocycles. The minimum absolute atomic E-state index is 0.671. The van der Waals surface area contributed by atoms with Crippen LogP contribution in [0.2, 0.25) is 0 Å². The van der Waals surface area contributed by atoms with E-state index >= 15 is 0 Å². The molecule has 16 heavy (non-hydrogen) atoms. The highest BCUT2D eigenvalue weighted by atomic mass is 16.5. The monoisotopic (exact) mass is 214 g/mol. The zero-order chi connectivity index (χ0) is 11.5. The lowest BCUT2D eigenvalue weighted by molar-refractivity contribution is 0.416. The van der Waals surface area contributed by atoms with Gasteiger partial charge >= 0.3 is 0 Å². The molecular weight excluding hydrogens is 200 g/mol. The summed E-state index contributed by atoms with van der Waals surface area (Å²) in [5.74, 6) is 0.823. The van der Waals surface area contributed by atoms with Crippen molar-refractivity contribution >= 4 is 5.69 Å². The minimum atomic E-state index is 0.671. The molecule has 1 heterocycles. The van der Waals surface area contributed by atoms with Crippen molar-refractivity contribution in [2.45, 2.75) is 6.92 Å². The molecule has 82 valence electrons. The Kier molecular flexibility index (Phi) is 2.77. The molecule has 0 radical (unpaired) electrons. The first-order chi connectivity index (χ1) is 7.74. The summed E-state index contributed by atoms with van der Waals surface area (Å²) in [4.78, 5) is 4.06. The lowest BCUT2D eigenvalue weighted by Gasteiger charge is -2.12. The summed E-state index contributed by atoms with van der Waals surface area (Å²) in [6.45, 7) is 1.99. The van der Waals surface area contributed by atoms with E-state index in [-0.39, 0.29) is 0 Å². The molecule has 0 saturated carbocycles. The second-order valence-electron chi connectivity index (χ2n) is 3.62. The smallest absolute Gasteiger partial charge is 0.126 e. The molecule has 2 aromatic rings. The number of hydrogen-bond acceptors (Lipinski definition) is 3. The Morgan fingerprint density at radius 1 is 1.19 bits per heavy atom. The van der Waals surface area contributed by atoms with Crippen molar-refractivity contribution < 1.29 is 4.74 Å². The van der Waals surface area contributed by atoms with Gasteiger partial charge in [-0.3, -0.25) is 4.98 Å². The fourth-order valence-corrected chi connectivity index (χ4v) is 1.81. The summed E-state index contributed by atoms with van der Waals surface area (Å²) in [5.41, 5.74) is 9.67. The van der Waals surface area contributed by atoms with Crippen LogP contribution in [0.5, 0.6) is 5.75 Å². The average Bonchev–Trinajstić information content (AvgIpc) is 2.29. The topological polar surface area (TPSA) is 48.1 Å². The molecule has 2 rings (SSSR count). The van der Waals surface area contributed by atoms with Crippen LogP contribution in [0.25, 0.3) is 11.1 Å². The Morgan fingerprint density at radius 3 is 2.62 bits per heavy atom. The Bertz CT molecular complexity index is 489. The maximum absolute atomic E-state index is 5.96. The number of hydrogen-bond donors (Lipinski definition) is 1. The lowest BCUT2D eigenvalue weighted by atomic mass is 10.00. The van der Waals surface area contributed by atoms with E-state index in [4.69, 9.17) is 10.5 Å². The standard InChI is InChI=1S/C13H14N2O/c1-9-7-15-8-11(14)13(9)10-5-3-4-6-12(10)16-2/h3-8H,14H2,1-2H3. The molecule has 0 spiro atoms. The highest BCUT2D eigenvalue weighted by Gasteiger charge is 2.10. The van der Waals surface area contributed by atoms with Crippen molar-refractivity contribution in [2.24, 2.45) is 0 Å². The highest BCUT2D eigenvalue weighted by Crippen LogP contribution is 2.35. The van der Waals surface area contributed by atoms with Crippen molar-refractivity contribution in [2.75, 3.05) is 12.8 Å². The second-order valence-corrected chi connectivity index (χ2v) is 3.62. The van der Waals surface area contributed by atoms with Crippen LogP contribution >= 0.6 is 0 Å². The number of rotatable bonds is 2. The van der Waals surface area contributed by atoms with E-state index in [2.05, 4.69) is 4.98 Å². The number of nitrogen functional groups attached to an aromatic ring is 1. The zero-order valence-electron chi connectivity index (χ0n) is 9.40. The van der Waals surface area contributed by atoms with E-state index in [0.717, 1.165) is 22.4 Å². The maximum Gasteiger partial charge on any atom is 0.126 e. The van der Waals surface area contributed by atoms with E-state index in [1.807, 2.05) is 31.2 Å². The van der Waals surface area contributed by atoms with Gasteiger partial charge in [0.2, 0.25) is 0 Å². The van der Waals surface area contributed by atoms with Crippen LogP contribution in [0, 0.1) is 6.92 Å². The van der Waals surface area contributed by atoms with Crippen molar-refractivity contribution in [3.8, 4) is 16.9 Å². The Balaban J connectivity index is 2.67. The summed E-state index contributed by atoms with van der Waals surface area (Å²) in [6.07, 6.45) is 3.47. The summed E-state index contributed by atoms with van der Waals surface area (Å²) < 4.78 is 5.33. The first-order valence-corrected chi connectivity index (χ1v) is 5.07. The fraction of sp³-hybridized carbons (Fsp3) is 0.154. The van der Waals surface area contributed by atoms with Gasteiger partial charge in [-0.25, -0.2) is 0 Å². The molecule has 0 aliphatic rings. The van der Waals surface area contributed by atoms with Gasteiger partial charge in [-0.15, -0.1) is 0 Å². The normalized spacial score (nSPS) is 10.1. The van der Waals surface area contributed by atoms with Gasteiger partial charge in [0, 0.05) is 17.3 Å². The molecular formula is C13H14N2O. The van der Waals surface area contributed by atoms with Crippen LogP contribution < -0.4 is 10.5 Å².